The van der Waals surface area contributed by atoms with Crippen LogP contribution in [0.2, 0.25) is 0 Å². The second-order valence-corrected chi connectivity index (χ2v) is 6.70. The van der Waals surface area contributed by atoms with Crippen molar-refractivity contribution in [2.24, 2.45) is 0 Å². The number of methoxy groups -OCH3 is 1. The quantitative estimate of drug-likeness (QED) is 0.847. The van der Waals surface area contributed by atoms with Crippen molar-refractivity contribution in [1.29, 1.82) is 0 Å². The molecule has 1 heterocycles. The normalized spacial score (nSPS) is 14.9. The standard InChI is InChI=1S/C21H23FN2O3/c1-14(17-9-10-19(27-2)18(22)12-17)23-21(26)16-7-5-15(6-8-16)13-24-11-3-4-20(24)25/h5-10,12,14H,3-4,11,13H2,1-2H3,(H,23,26)/t14-/m1/s1. The molecular formula is C21H23FN2O3. The topological polar surface area (TPSA) is 58.6 Å². The van der Waals surface area contributed by atoms with E-state index in [0.29, 0.717) is 24.1 Å². The highest BCUT2D eigenvalue weighted by Crippen LogP contribution is 2.22. The molecule has 2 amide bonds. The third-order valence-corrected chi connectivity index (χ3v) is 4.78. The Hall–Kier alpha value is -2.89. The average molecular weight is 370 g/mol. The fourth-order valence-electron chi connectivity index (χ4n) is 3.17. The summed E-state index contributed by atoms with van der Waals surface area (Å²) in [6, 6.07) is 11.5. The fourth-order valence-corrected chi connectivity index (χ4v) is 3.17. The number of ether oxygens (including phenoxy) is 1. The van der Waals surface area contributed by atoms with Gasteiger partial charge in [0, 0.05) is 25.1 Å². The van der Waals surface area contributed by atoms with Crippen LogP contribution in [0, 0.1) is 5.82 Å². The molecule has 0 bridgehead atoms. The molecule has 1 aliphatic heterocycles. The van der Waals surface area contributed by atoms with Crippen molar-refractivity contribution in [3.8, 4) is 5.75 Å². The highest BCUT2D eigenvalue weighted by molar-refractivity contribution is 5.94. The lowest BCUT2D eigenvalue weighted by Crippen LogP contribution is -2.27. The Morgan fingerprint density at radius 2 is 2.00 bits per heavy atom. The lowest BCUT2D eigenvalue weighted by Gasteiger charge is -2.17. The summed E-state index contributed by atoms with van der Waals surface area (Å²) >= 11 is 0. The molecule has 3 rings (SSSR count). The maximum Gasteiger partial charge on any atom is 0.251 e. The van der Waals surface area contributed by atoms with E-state index in [1.165, 1.54) is 13.2 Å². The molecule has 0 spiro atoms. The molecule has 5 nitrogen and oxygen atoms in total. The molecule has 1 saturated heterocycles. The number of hydrogen-bond donors (Lipinski definition) is 1. The van der Waals surface area contributed by atoms with Crippen molar-refractivity contribution in [1.82, 2.24) is 10.2 Å². The van der Waals surface area contributed by atoms with E-state index in [9.17, 15) is 14.0 Å². The van der Waals surface area contributed by atoms with Crippen LogP contribution in [0.25, 0.3) is 0 Å². The number of nitrogens with one attached hydrogen (secondary N) is 1. The zero-order chi connectivity index (χ0) is 19.4. The van der Waals surface area contributed by atoms with Gasteiger partial charge in [0.2, 0.25) is 5.91 Å². The Labute approximate surface area is 158 Å². The van der Waals surface area contributed by atoms with E-state index in [4.69, 9.17) is 4.74 Å². The van der Waals surface area contributed by atoms with Crippen molar-refractivity contribution in [2.45, 2.75) is 32.4 Å². The number of benzene rings is 2. The largest absolute Gasteiger partial charge is 0.494 e. The summed E-state index contributed by atoms with van der Waals surface area (Å²) in [5.41, 5.74) is 2.17. The van der Waals surface area contributed by atoms with Gasteiger partial charge in [-0.3, -0.25) is 9.59 Å². The minimum atomic E-state index is -0.461. The zero-order valence-electron chi connectivity index (χ0n) is 15.5. The van der Waals surface area contributed by atoms with Crippen LogP contribution < -0.4 is 10.1 Å². The zero-order valence-corrected chi connectivity index (χ0v) is 15.5. The van der Waals surface area contributed by atoms with Crippen molar-refractivity contribution >= 4 is 11.8 Å². The summed E-state index contributed by atoms with van der Waals surface area (Å²) < 4.78 is 18.8. The van der Waals surface area contributed by atoms with E-state index in [0.717, 1.165) is 18.5 Å². The van der Waals surface area contributed by atoms with Crippen molar-refractivity contribution in [3.05, 3.63) is 65.0 Å². The van der Waals surface area contributed by atoms with Gasteiger partial charge in [0.05, 0.1) is 13.2 Å². The second kappa shape index (κ2) is 8.20. The van der Waals surface area contributed by atoms with E-state index in [2.05, 4.69) is 5.32 Å². The van der Waals surface area contributed by atoms with Gasteiger partial charge in [-0.05, 0) is 48.7 Å². The Morgan fingerprint density at radius 1 is 1.26 bits per heavy atom. The third-order valence-electron chi connectivity index (χ3n) is 4.78. The van der Waals surface area contributed by atoms with Gasteiger partial charge in [0.1, 0.15) is 0 Å². The Balaban J connectivity index is 1.61. The molecule has 6 heteroatoms. The monoisotopic (exact) mass is 370 g/mol. The van der Waals surface area contributed by atoms with Gasteiger partial charge < -0.3 is 15.0 Å². The summed E-state index contributed by atoms with van der Waals surface area (Å²) in [7, 11) is 1.41. The Kier molecular flexibility index (Phi) is 5.74. The van der Waals surface area contributed by atoms with Crippen LogP contribution >= 0.6 is 0 Å². The molecule has 27 heavy (non-hydrogen) atoms. The highest BCUT2D eigenvalue weighted by Gasteiger charge is 2.20. The molecule has 1 atom stereocenters. The maximum atomic E-state index is 13.8. The van der Waals surface area contributed by atoms with Crippen LogP contribution in [0.5, 0.6) is 5.75 Å². The van der Waals surface area contributed by atoms with E-state index in [-0.39, 0.29) is 23.6 Å². The maximum absolute atomic E-state index is 13.8. The molecule has 1 fully saturated rings. The van der Waals surface area contributed by atoms with Crippen LogP contribution in [0.3, 0.4) is 0 Å². The molecule has 0 aromatic heterocycles. The molecule has 1 N–H and O–H groups in total. The number of hydrogen-bond acceptors (Lipinski definition) is 3. The number of rotatable bonds is 6. The second-order valence-electron chi connectivity index (χ2n) is 6.70. The van der Waals surface area contributed by atoms with E-state index in [1.807, 2.05) is 17.0 Å². The van der Waals surface area contributed by atoms with Gasteiger partial charge in [0.25, 0.3) is 5.91 Å². The molecule has 2 aromatic rings. The van der Waals surface area contributed by atoms with Gasteiger partial charge in [0.15, 0.2) is 11.6 Å². The van der Waals surface area contributed by atoms with Crippen molar-refractivity contribution in [2.75, 3.05) is 13.7 Å². The number of likely N-dealkylation sites (tertiary alicyclic amines) is 1. The van der Waals surface area contributed by atoms with E-state index in [1.54, 1.807) is 31.2 Å². The summed E-state index contributed by atoms with van der Waals surface area (Å²) in [5.74, 6) is -0.346. The first-order valence-corrected chi connectivity index (χ1v) is 8.99. The van der Waals surface area contributed by atoms with Gasteiger partial charge >= 0.3 is 0 Å². The molecule has 0 radical (unpaired) electrons. The van der Waals surface area contributed by atoms with Gasteiger partial charge in [-0.2, -0.15) is 0 Å². The summed E-state index contributed by atoms with van der Waals surface area (Å²) in [6.45, 7) is 3.16. The van der Waals surface area contributed by atoms with Crippen LogP contribution in [-0.2, 0) is 11.3 Å². The Bertz CT molecular complexity index is 836. The van der Waals surface area contributed by atoms with Crippen LogP contribution in [-0.4, -0.2) is 30.4 Å². The Morgan fingerprint density at radius 3 is 2.59 bits per heavy atom. The lowest BCUT2D eigenvalue weighted by molar-refractivity contribution is -0.128. The predicted octanol–water partition coefficient (Wildman–Crippen LogP) is 3.45. The minimum absolute atomic E-state index is 0.171. The summed E-state index contributed by atoms with van der Waals surface area (Å²) in [6.07, 6.45) is 1.52. The highest BCUT2D eigenvalue weighted by atomic mass is 19.1. The van der Waals surface area contributed by atoms with E-state index >= 15 is 0 Å². The predicted molar refractivity (Wildman–Crippen MR) is 99.9 cm³/mol. The van der Waals surface area contributed by atoms with Crippen molar-refractivity contribution < 1.29 is 18.7 Å². The SMILES string of the molecule is COc1ccc([C@@H](C)NC(=O)c2ccc(CN3CCCC3=O)cc2)cc1F. The van der Waals surface area contributed by atoms with Gasteiger partial charge in [-0.25, -0.2) is 4.39 Å². The summed E-state index contributed by atoms with van der Waals surface area (Å²) in [4.78, 5) is 26.0. The number of nitrogens with zero attached hydrogens (tertiary/aromatic N) is 1. The van der Waals surface area contributed by atoms with Crippen LogP contribution in [0.15, 0.2) is 42.5 Å². The first-order chi connectivity index (χ1) is 13.0. The van der Waals surface area contributed by atoms with Crippen molar-refractivity contribution in [3.63, 3.8) is 0 Å². The minimum Gasteiger partial charge on any atom is -0.494 e. The molecular weight excluding hydrogens is 347 g/mol. The molecule has 1 aliphatic rings. The molecule has 0 unspecified atom stereocenters. The number of carbonyl (C=O) groups excluding carboxylic acids is 2. The van der Waals surface area contributed by atoms with Gasteiger partial charge in [-0.1, -0.05) is 18.2 Å². The molecule has 0 aliphatic carbocycles. The smallest absolute Gasteiger partial charge is 0.251 e. The molecule has 0 saturated carbocycles. The summed E-state index contributed by atoms with van der Waals surface area (Å²) in [5, 5.41) is 2.87. The number of amides is 2. The van der Waals surface area contributed by atoms with Crippen LogP contribution in [0.4, 0.5) is 4.39 Å². The third kappa shape index (κ3) is 4.45. The van der Waals surface area contributed by atoms with Crippen LogP contribution in [0.1, 0.15) is 47.3 Å². The molecule has 2 aromatic carbocycles. The van der Waals surface area contributed by atoms with E-state index < -0.39 is 5.82 Å². The number of halogens is 1. The molecule has 142 valence electrons. The fraction of sp³-hybridized carbons (Fsp3) is 0.333. The first kappa shape index (κ1) is 18.9. The van der Waals surface area contributed by atoms with Gasteiger partial charge in [-0.15, -0.1) is 0 Å². The number of carbonyl (C=O) groups is 2. The first-order valence-electron chi connectivity index (χ1n) is 8.99. The lowest BCUT2D eigenvalue weighted by atomic mass is 10.1. The average Bonchev–Trinajstić information content (AvgIpc) is 3.06.